The molecular formula is C15H12ClN3O2. The number of ether oxygens (including phenoxy) is 1. The molecule has 5 nitrogen and oxygen atoms in total. The Kier molecular flexibility index (Phi) is 2.83. The van der Waals surface area contributed by atoms with Crippen LogP contribution in [0.15, 0.2) is 35.3 Å². The molecule has 0 atom stereocenters. The third-order valence-corrected chi connectivity index (χ3v) is 3.98. The largest absolute Gasteiger partial charge is 0.376 e. The van der Waals surface area contributed by atoms with Crippen LogP contribution in [0.3, 0.4) is 0 Å². The summed E-state index contributed by atoms with van der Waals surface area (Å²) in [6, 6.07) is 7.05. The molecule has 3 heterocycles. The number of aromatic amines is 1. The monoisotopic (exact) mass is 301 g/mol. The number of hydrogen-bond acceptors (Lipinski definition) is 3. The molecule has 0 aliphatic carbocycles. The summed E-state index contributed by atoms with van der Waals surface area (Å²) in [5.41, 5.74) is 3.92. The number of fused-ring (bicyclic) bond motifs is 3. The van der Waals surface area contributed by atoms with Crippen LogP contribution < -0.4 is 5.56 Å². The predicted molar refractivity (Wildman–Crippen MR) is 79.2 cm³/mol. The van der Waals surface area contributed by atoms with E-state index in [-0.39, 0.29) is 5.56 Å². The first-order valence-corrected chi connectivity index (χ1v) is 7.08. The van der Waals surface area contributed by atoms with Gasteiger partial charge >= 0.3 is 0 Å². The molecule has 1 aromatic rings. The molecule has 0 unspecified atom stereocenters. The normalized spacial score (nSPS) is 14.3. The van der Waals surface area contributed by atoms with E-state index in [2.05, 4.69) is 10.1 Å². The second-order valence-corrected chi connectivity index (χ2v) is 5.44. The highest BCUT2D eigenvalue weighted by atomic mass is 35.5. The van der Waals surface area contributed by atoms with Crippen molar-refractivity contribution >= 4 is 11.6 Å². The molecule has 0 radical (unpaired) electrons. The Bertz CT molecular complexity index is 835. The summed E-state index contributed by atoms with van der Waals surface area (Å²) >= 11 is 5.88. The second kappa shape index (κ2) is 4.72. The minimum atomic E-state index is -0.142. The zero-order valence-corrected chi connectivity index (χ0v) is 11.9. The number of hydrogen-bond donors (Lipinski definition) is 1. The third kappa shape index (κ3) is 1.97. The number of benzene rings is 1. The van der Waals surface area contributed by atoms with Crippen molar-refractivity contribution in [1.29, 1.82) is 0 Å². The number of rotatable bonds is 1. The fraction of sp³-hybridized carbons (Fsp3) is 0.200. The van der Waals surface area contributed by atoms with E-state index in [0.29, 0.717) is 35.2 Å². The average molecular weight is 302 g/mol. The maximum Gasteiger partial charge on any atom is 0.282 e. The average Bonchev–Trinajstić information content (AvgIpc) is 2.86. The van der Waals surface area contributed by atoms with Gasteiger partial charge in [0.15, 0.2) is 0 Å². The van der Waals surface area contributed by atoms with Crippen LogP contribution in [0.1, 0.15) is 11.3 Å². The molecule has 6 heteroatoms. The van der Waals surface area contributed by atoms with Crippen molar-refractivity contribution in [2.45, 2.75) is 13.0 Å². The molecule has 0 saturated carbocycles. The van der Waals surface area contributed by atoms with Gasteiger partial charge < -0.3 is 9.72 Å². The molecule has 0 saturated heterocycles. The third-order valence-electron chi connectivity index (χ3n) is 3.73. The highest BCUT2D eigenvalue weighted by Crippen LogP contribution is 2.27. The zero-order chi connectivity index (χ0) is 14.4. The number of aromatic nitrogens is 3. The first kappa shape index (κ1) is 12.6. The first-order valence-electron chi connectivity index (χ1n) is 6.70. The lowest BCUT2D eigenvalue weighted by Crippen LogP contribution is -2.15. The zero-order valence-electron chi connectivity index (χ0n) is 11.1. The number of pyridine rings is 1. The van der Waals surface area contributed by atoms with Crippen molar-refractivity contribution in [3.05, 3.63) is 57.1 Å². The Hall–Kier alpha value is -2.11. The fourth-order valence-corrected chi connectivity index (χ4v) is 2.77. The summed E-state index contributed by atoms with van der Waals surface area (Å²) in [7, 11) is 0. The standard InChI is InChI=1S/C15H12ClN3O2/c16-9-1-3-10(4-2-9)19-15(20)11-7-17-13-5-6-21-8-12(13)14(11)18-19/h1-4,7,17H,5-6,8H2. The highest BCUT2D eigenvalue weighted by molar-refractivity contribution is 6.30. The number of nitrogens with zero attached hydrogens (tertiary/aromatic N) is 2. The van der Waals surface area contributed by atoms with Crippen molar-refractivity contribution in [1.82, 2.24) is 14.8 Å². The molecule has 1 N–H and O–H groups in total. The van der Waals surface area contributed by atoms with Crippen LogP contribution in [0, 0.1) is 0 Å². The number of H-pyrrole nitrogens is 1. The van der Waals surface area contributed by atoms with Crippen molar-refractivity contribution in [3.63, 3.8) is 0 Å². The van der Waals surface area contributed by atoms with Gasteiger partial charge in [-0.25, -0.2) is 0 Å². The van der Waals surface area contributed by atoms with E-state index in [1.807, 2.05) is 0 Å². The Morgan fingerprint density at radius 3 is 2.90 bits per heavy atom. The smallest absolute Gasteiger partial charge is 0.282 e. The molecule has 1 aromatic carbocycles. The Morgan fingerprint density at radius 1 is 1.29 bits per heavy atom. The van der Waals surface area contributed by atoms with E-state index in [9.17, 15) is 4.79 Å². The fourth-order valence-electron chi connectivity index (χ4n) is 2.64. The van der Waals surface area contributed by atoms with Gasteiger partial charge in [-0.15, -0.1) is 0 Å². The van der Waals surface area contributed by atoms with Crippen LogP contribution in [0.2, 0.25) is 5.02 Å². The van der Waals surface area contributed by atoms with Gasteiger partial charge in [0, 0.05) is 28.9 Å². The molecule has 3 aliphatic rings. The highest BCUT2D eigenvalue weighted by Gasteiger charge is 2.24. The van der Waals surface area contributed by atoms with Crippen molar-refractivity contribution < 1.29 is 4.74 Å². The van der Waals surface area contributed by atoms with Gasteiger partial charge in [-0.3, -0.25) is 4.79 Å². The van der Waals surface area contributed by atoms with Crippen LogP contribution in [-0.4, -0.2) is 21.4 Å². The van der Waals surface area contributed by atoms with Gasteiger partial charge in [0.1, 0.15) is 5.69 Å². The molecule has 0 amide bonds. The predicted octanol–water partition coefficient (Wildman–Crippen LogP) is 2.39. The Labute approximate surface area is 125 Å². The summed E-state index contributed by atoms with van der Waals surface area (Å²) in [5.74, 6) is 0. The minimum Gasteiger partial charge on any atom is -0.376 e. The summed E-state index contributed by atoms with van der Waals surface area (Å²) in [5, 5.41) is 5.11. The quantitative estimate of drug-likeness (QED) is 0.751. The summed E-state index contributed by atoms with van der Waals surface area (Å²) in [4.78, 5) is 15.7. The van der Waals surface area contributed by atoms with Gasteiger partial charge in [-0.05, 0) is 24.3 Å². The Balaban J connectivity index is 1.95. The van der Waals surface area contributed by atoms with Crippen LogP contribution >= 0.6 is 11.6 Å². The summed E-state index contributed by atoms with van der Waals surface area (Å²) in [6.07, 6.45) is 2.55. The van der Waals surface area contributed by atoms with Gasteiger partial charge in [-0.1, -0.05) is 11.6 Å². The topological polar surface area (TPSA) is 59.9 Å². The maximum absolute atomic E-state index is 12.5. The van der Waals surface area contributed by atoms with Gasteiger partial charge in [0.05, 0.1) is 24.5 Å². The van der Waals surface area contributed by atoms with E-state index < -0.39 is 0 Å². The molecule has 4 rings (SSSR count). The van der Waals surface area contributed by atoms with E-state index in [1.165, 1.54) is 4.68 Å². The van der Waals surface area contributed by atoms with E-state index in [4.69, 9.17) is 16.3 Å². The van der Waals surface area contributed by atoms with Crippen LogP contribution in [0.5, 0.6) is 0 Å². The van der Waals surface area contributed by atoms with Gasteiger partial charge in [0.25, 0.3) is 5.56 Å². The first-order chi connectivity index (χ1) is 10.2. The van der Waals surface area contributed by atoms with E-state index in [0.717, 1.165) is 17.7 Å². The molecule has 0 bridgehead atoms. The summed E-state index contributed by atoms with van der Waals surface area (Å²) < 4.78 is 6.89. The molecule has 3 aliphatic heterocycles. The van der Waals surface area contributed by atoms with E-state index in [1.54, 1.807) is 30.5 Å². The van der Waals surface area contributed by atoms with E-state index >= 15 is 0 Å². The van der Waals surface area contributed by atoms with Crippen LogP contribution in [-0.2, 0) is 17.8 Å². The minimum absolute atomic E-state index is 0.142. The van der Waals surface area contributed by atoms with Gasteiger partial charge in [0.2, 0.25) is 0 Å². The lowest BCUT2D eigenvalue weighted by molar-refractivity contribution is 0.109. The van der Waals surface area contributed by atoms with Crippen molar-refractivity contribution in [2.24, 2.45) is 0 Å². The van der Waals surface area contributed by atoms with Crippen molar-refractivity contribution in [2.75, 3.05) is 6.61 Å². The lowest BCUT2D eigenvalue weighted by atomic mass is 10.0. The second-order valence-electron chi connectivity index (χ2n) is 5.00. The molecule has 0 fully saturated rings. The lowest BCUT2D eigenvalue weighted by Gasteiger charge is -2.17. The van der Waals surface area contributed by atoms with Crippen molar-refractivity contribution in [3.8, 4) is 16.9 Å². The van der Waals surface area contributed by atoms with Gasteiger partial charge in [-0.2, -0.15) is 9.78 Å². The van der Waals surface area contributed by atoms with Crippen LogP contribution in [0.25, 0.3) is 16.9 Å². The molecule has 0 spiro atoms. The molecule has 106 valence electrons. The summed E-state index contributed by atoms with van der Waals surface area (Å²) in [6.45, 7) is 1.18. The SMILES string of the molecule is O=c1c2c[nH]c3c(c-2nn1-c1ccc(Cl)cc1)COCC3. The maximum atomic E-state index is 12.5. The number of halogens is 1. The molecule has 21 heavy (non-hydrogen) atoms. The van der Waals surface area contributed by atoms with Crippen LogP contribution in [0.4, 0.5) is 0 Å². The number of nitrogens with one attached hydrogen (secondary N) is 1. The molecule has 0 aromatic heterocycles. The Morgan fingerprint density at radius 2 is 2.10 bits per heavy atom. The molecular weight excluding hydrogens is 290 g/mol.